The summed E-state index contributed by atoms with van der Waals surface area (Å²) < 4.78 is 25.2. The molecule has 0 radical (unpaired) electrons. The number of nitrogens with one attached hydrogen (secondary N) is 2. The predicted octanol–water partition coefficient (Wildman–Crippen LogP) is -0.0869. The fraction of sp³-hybridized carbons (Fsp3) is 0.500. The van der Waals surface area contributed by atoms with E-state index in [1.807, 2.05) is 0 Å². The minimum absolute atomic E-state index is 0.0425. The van der Waals surface area contributed by atoms with Crippen LogP contribution >= 0.6 is 0 Å². The van der Waals surface area contributed by atoms with Crippen LogP contribution in [0.3, 0.4) is 0 Å². The van der Waals surface area contributed by atoms with Crippen molar-refractivity contribution < 1.29 is 13.2 Å². The van der Waals surface area contributed by atoms with E-state index in [2.05, 4.69) is 14.7 Å². The van der Waals surface area contributed by atoms with Gasteiger partial charge in [-0.2, -0.15) is 0 Å². The van der Waals surface area contributed by atoms with Crippen molar-refractivity contribution in [2.45, 2.75) is 18.9 Å². The van der Waals surface area contributed by atoms with Gasteiger partial charge in [0.2, 0.25) is 0 Å². The lowest BCUT2D eigenvalue weighted by Crippen LogP contribution is -2.31. The molecule has 0 saturated heterocycles. The first-order valence-electron chi connectivity index (χ1n) is 4.44. The van der Waals surface area contributed by atoms with Gasteiger partial charge in [0.15, 0.2) is 5.03 Å². The Morgan fingerprint density at radius 3 is 2.73 bits per heavy atom. The number of ketones is 1. The number of sulfonamides is 1. The van der Waals surface area contributed by atoms with E-state index in [0.717, 1.165) is 0 Å². The second-order valence-corrected chi connectivity index (χ2v) is 5.10. The highest BCUT2D eigenvalue weighted by molar-refractivity contribution is 7.89. The second kappa shape index (κ2) is 4.54. The quantitative estimate of drug-likeness (QED) is 0.741. The topological polar surface area (TPSA) is 91.9 Å². The molecule has 1 aromatic heterocycles. The van der Waals surface area contributed by atoms with Gasteiger partial charge in [0, 0.05) is 5.92 Å². The number of carbonyl (C=O) groups is 1. The summed E-state index contributed by atoms with van der Waals surface area (Å²) in [5.74, 6) is -0.340. The standard InChI is InChI=1S/C8H13N3O3S/c1-6(2)7(12)3-11-15(13,14)8-4-9-5-10-8/h4-6,11H,3H2,1-2H3,(H,9,10). The molecule has 84 valence electrons. The molecule has 1 heterocycles. The van der Waals surface area contributed by atoms with Gasteiger partial charge < -0.3 is 4.98 Å². The van der Waals surface area contributed by atoms with Crippen LogP contribution in [0.15, 0.2) is 17.6 Å². The number of carbonyl (C=O) groups excluding carboxylic acids is 1. The van der Waals surface area contributed by atoms with Crippen LogP contribution in [0, 0.1) is 5.92 Å². The van der Waals surface area contributed by atoms with Gasteiger partial charge in [0.05, 0.1) is 19.1 Å². The van der Waals surface area contributed by atoms with Gasteiger partial charge in [-0.15, -0.1) is 0 Å². The average Bonchev–Trinajstić information content (AvgIpc) is 2.67. The molecule has 0 atom stereocenters. The summed E-state index contributed by atoms with van der Waals surface area (Å²) in [5, 5.41) is -0.0425. The zero-order valence-corrected chi connectivity index (χ0v) is 9.34. The first-order valence-corrected chi connectivity index (χ1v) is 5.92. The Labute approximate surface area is 88.2 Å². The predicted molar refractivity (Wildman–Crippen MR) is 53.6 cm³/mol. The van der Waals surface area contributed by atoms with Crippen molar-refractivity contribution in [3.05, 3.63) is 12.5 Å². The third-order valence-corrected chi connectivity index (χ3v) is 3.17. The maximum atomic E-state index is 11.5. The molecule has 0 fully saturated rings. The fourth-order valence-electron chi connectivity index (χ4n) is 0.838. The van der Waals surface area contributed by atoms with Crippen molar-refractivity contribution in [2.24, 2.45) is 5.92 Å². The number of aromatic nitrogens is 2. The van der Waals surface area contributed by atoms with Crippen molar-refractivity contribution in [2.75, 3.05) is 6.54 Å². The van der Waals surface area contributed by atoms with E-state index < -0.39 is 10.0 Å². The SMILES string of the molecule is CC(C)C(=O)CNS(=O)(=O)c1cnc[nH]1. The second-order valence-electron chi connectivity index (χ2n) is 3.36. The summed E-state index contributed by atoms with van der Waals surface area (Å²) in [5.41, 5.74) is 0. The molecule has 0 aliphatic carbocycles. The minimum atomic E-state index is -3.63. The number of hydrogen-bond acceptors (Lipinski definition) is 4. The Morgan fingerprint density at radius 1 is 1.60 bits per heavy atom. The Kier molecular flexibility index (Phi) is 3.59. The van der Waals surface area contributed by atoms with E-state index in [0.29, 0.717) is 0 Å². The zero-order chi connectivity index (χ0) is 11.5. The molecule has 0 aliphatic heterocycles. The molecule has 0 amide bonds. The molecule has 1 rings (SSSR count). The van der Waals surface area contributed by atoms with Gasteiger partial charge in [-0.05, 0) is 0 Å². The smallest absolute Gasteiger partial charge is 0.258 e. The highest BCUT2D eigenvalue weighted by Crippen LogP contribution is 2.02. The highest BCUT2D eigenvalue weighted by Gasteiger charge is 2.17. The van der Waals surface area contributed by atoms with Crippen LogP contribution < -0.4 is 4.72 Å². The normalized spacial score (nSPS) is 11.9. The van der Waals surface area contributed by atoms with Crippen molar-refractivity contribution in [1.82, 2.24) is 14.7 Å². The highest BCUT2D eigenvalue weighted by atomic mass is 32.2. The van der Waals surface area contributed by atoms with Crippen LogP contribution in [0.2, 0.25) is 0 Å². The van der Waals surface area contributed by atoms with Gasteiger partial charge in [-0.25, -0.2) is 18.1 Å². The largest absolute Gasteiger partial charge is 0.335 e. The Morgan fingerprint density at radius 2 is 2.27 bits per heavy atom. The Bertz CT molecular complexity index is 422. The number of nitrogens with zero attached hydrogens (tertiary/aromatic N) is 1. The Balaban J connectivity index is 2.63. The van der Waals surface area contributed by atoms with E-state index in [1.165, 1.54) is 12.5 Å². The summed E-state index contributed by atoms with van der Waals surface area (Å²) >= 11 is 0. The van der Waals surface area contributed by atoms with Crippen molar-refractivity contribution in [1.29, 1.82) is 0 Å². The van der Waals surface area contributed by atoms with Crippen LogP contribution in [0.1, 0.15) is 13.8 Å². The summed E-state index contributed by atoms with van der Waals surface area (Å²) in [7, 11) is -3.63. The molecule has 0 bridgehead atoms. The number of rotatable bonds is 5. The van der Waals surface area contributed by atoms with Gasteiger partial charge in [0.1, 0.15) is 5.78 Å². The summed E-state index contributed by atoms with van der Waals surface area (Å²) in [6.45, 7) is 3.23. The molecular formula is C8H13N3O3S. The van der Waals surface area contributed by atoms with Crippen molar-refractivity contribution in [3.63, 3.8) is 0 Å². The maximum Gasteiger partial charge on any atom is 0.258 e. The average molecular weight is 231 g/mol. The third kappa shape index (κ3) is 3.14. The zero-order valence-electron chi connectivity index (χ0n) is 8.52. The molecule has 2 N–H and O–H groups in total. The summed E-state index contributed by atoms with van der Waals surface area (Å²) in [4.78, 5) is 17.3. The monoisotopic (exact) mass is 231 g/mol. The molecule has 15 heavy (non-hydrogen) atoms. The van der Waals surface area contributed by atoms with E-state index in [-0.39, 0.29) is 23.3 Å². The van der Waals surface area contributed by atoms with Crippen molar-refractivity contribution >= 4 is 15.8 Å². The number of imidazole rings is 1. The van der Waals surface area contributed by atoms with Crippen LogP contribution in [-0.4, -0.2) is 30.7 Å². The lowest BCUT2D eigenvalue weighted by atomic mass is 10.1. The first kappa shape index (κ1) is 11.9. The van der Waals surface area contributed by atoms with Crippen LogP contribution in [-0.2, 0) is 14.8 Å². The summed E-state index contributed by atoms with van der Waals surface area (Å²) in [6.07, 6.45) is 2.45. The van der Waals surface area contributed by atoms with Crippen LogP contribution in [0.25, 0.3) is 0 Å². The van der Waals surface area contributed by atoms with Gasteiger partial charge in [0.25, 0.3) is 10.0 Å². The van der Waals surface area contributed by atoms with E-state index in [4.69, 9.17) is 0 Å². The lowest BCUT2D eigenvalue weighted by Gasteiger charge is -2.05. The minimum Gasteiger partial charge on any atom is -0.335 e. The molecule has 0 aromatic carbocycles. The Hall–Kier alpha value is -1.21. The third-order valence-electron chi connectivity index (χ3n) is 1.84. The van der Waals surface area contributed by atoms with Crippen LogP contribution in [0.5, 0.6) is 0 Å². The first-order chi connectivity index (χ1) is 6.93. The van der Waals surface area contributed by atoms with Gasteiger partial charge in [-0.3, -0.25) is 4.79 Å². The number of H-pyrrole nitrogens is 1. The summed E-state index contributed by atoms with van der Waals surface area (Å²) in [6, 6.07) is 0. The van der Waals surface area contributed by atoms with E-state index >= 15 is 0 Å². The molecule has 7 heteroatoms. The maximum absolute atomic E-state index is 11.5. The van der Waals surface area contributed by atoms with E-state index in [1.54, 1.807) is 13.8 Å². The van der Waals surface area contributed by atoms with Gasteiger partial charge >= 0.3 is 0 Å². The molecule has 0 aliphatic rings. The lowest BCUT2D eigenvalue weighted by molar-refractivity contribution is -0.120. The molecule has 6 nitrogen and oxygen atoms in total. The molecule has 1 aromatic rings. The van der Waals surface area contributed by atoms with Gasteiger partial charge in [-0.1, -0.05) is 13.8 Å². The molecular weight excluding hydrogens is 218 g/mol. The van der Waals surface area contributed by atoms with E-state index in [9.17, 15) is 13.2 Å². The number of hydrogen-bond donors (Lipinski definition) is 2. The molecule has 0 unspecified atom stereocenters. The number of Topliss-reactive ketones (excluding diaryl/α,β-unsaturated/α-hetero) is 1. The van der Waals surface area contributed by atoms with Crippen molar-refractivity contribution in [3.8, 4) is 0 Å². The fourth-order valence-corrected chi connectivity index (χ4v) is 1.73. The number of aromatic amines is 1. The van der Waals surface area contributed by atoms with Crippen LogP contribution in [0.4, 0.5) is 0 Å². The molecule has 0 saturated carbocycles. The molecule has 0 spiro atoms.